The molecule has 1 aromatic rings. The van der Waals surface area contributed by atoms with Gasteiger partial charge < -0.3 is 10.1 Å². The minimum absolute atomic E-state index is 0.353. The van der Waals surface area contributed by atoms with Gasteiger partial charge in [-0.2, -0.15) is 0 Å². The zero-order valence-corrected chi connectivity index (χ0v) is 9.72. The molecule has 1 N–H and O–H groups in total. The first-order valence-corrected chi connectivity index (χ1v) is 5.64. The Balaban J connectivity index is 0.000000181. The highest BCUT2D eigenvalue weighted by Gasteiger charge is 2.04. The van der Waals surface area contributed by atoms with Crippen LogP contribution >= 0.6 is 0 Å². The molecule has 0 spiro atoms. The Hall–Kier alpha value is -1.68. The van der Waals surface area contributed by atoms with Crippen molar-refractivity contribution < 1.29 is 14.3 Å². The lowest BCUT2D eigenvalue weighted by atomic mass is 10.1. The number of nitrogens with one attached hydrogen (secondary N) is 1. The largest absolute Gasteiger partial charge is 0.463 e. The topological polar surface area (TPSA) is 55.4 Å². The maximum atomic E-state index is 10.4. The summed E-state index contributed by atoms with van der Waals surface area (Å²) < 4.78 is 4.54. The molecule has 2 rings (SSSR count). The minimum atomic E-state index is 0.353. The fourth-order valence-corrected chi connectivity index (χ4v) is 1.43. The second-order valence-electron chi connectivity index (χ2n) is 3.71. The Labute approximate surface area is 101 Å². The molecule has 92 valence electrons. The van der Waals surface area contributed by atoms with Crippen LogP contribution in [0.1, 0.15) is 18.4 Å². The van der Waals surface area contributed by atoms with Crippen molar-refractivity contribution in [1.82, 2.24) is 5.32 Å². The van der Waals surface area contributed by atoms with Crippen LogP contribution < -0.4 is 5.32 Å². The molecule has 0 unspecified atom stereocenters. The zero-order chi connectivity index (χ0) is 12.3. The number of carbonyl (C=O) groups is 2. The molecule has 1 fully saturated rings. The van der Waals surface area contributed by atoms with Crippen molar-refractivity contribution in [2.45, 2.75) is 19.4 Å². The molecule has 4 heteroatoms. The van der Waals surface area contributed by atoms with E-state index in [1.807, 2.05) is 30.3 Å². The molecule has 4 nitrogen and oxygen atoms in total. The highest BCUT2D eigenvalue weighted by atomic mass is 16.5. The van der Waals surface area contributed by atoms with Gasteiger partial charge in [0.25, 0.3) is 6.47 Å². The molecule has 17 heavy (non-hydrogen) atoms. The van der Waals surface area contributed by atoms with E-state index >= 15 is 0 Å². The molecule has 0 amide bonds. The third-order valence-electron chi connectivity index (χ3n) is 2.29. The molecule has 1 saturated heterocycles. The van der Waals surface area contributed by atoms with Gasteiger partial charge in [-0.25, -0.2) is 0 Å². The van der Waals surface area contributed by atoms with Crippen LogP contribution in [0.2, 0.25) is 0 Å². The Morgan fingerprint density at radius 2 is 2.06 bits per heavy atom. The Bertz CT molecular complexity index is 330. The molecule has 0 atom stereocenters. The number of piperidine rings is 1. The van der Waals surface area contributed by atoms with E-state index in [2.05, 4.69) is 10.1 Å². The van der Waals surface area contributed by atoms with E-state index in [1.54, 1.807) is 0 Å². The van der Waals surface area contributed by atoms with E-state index < -0.39 is 0 Å². The third kappa shape index (κ3) is 6.48. The van der Waals surface area contributed by atoms with Crippen molar-refractivity contribution >= 4 is 12.3 Å². The van der Waals surface area contributed by atoms with Gasteiger partial charge in [0.15, 0.2) is 0 Å². The van der Waals surface area contributed by atoms with E-state index in [4.69, 9.17) is 0 Å². The van der Waals surface area contributed by atoms with Gasteiger partial charge in [-0.15, -0.1) is 0 Å². The van der Waals surface area contributed by atoms with Crippen LogP contribution in [-0.4, -0.2) is 25.3 Å². The smallest absolute Gasteiger partial charge is 0.293 e. The summed E-state index contributed by atoms with van der Waals surface area (Å²) in [6, 6.07) is 9.55. The van der Waals surface area contributed by atoms with Crippen LogP contribution in [0.15, 0.2) is 30.3 Å². The van der Waals surface area contributed by atoms with Crippen molar-refractivity contribution in [3.8, 4) is 0 Å². The lowest BCUT2D eigenvalue weighted by Crippen LogP contribution is -2.29. The van der Waals surface area contributed by atoms with Crippen LogP contribution in [-0.2, 0) is 20.9 Å². The number of rotatable bonds is 3. The van der Waals surface area contributed by atoms with Crippen molar-refractivity contribution in [1.29, 1.82) is 0 Å². The van der Waals surface area contributed by atoms with E-state index in [0.717, 1.165) is 24.9 Å². The number of hydrogen-bond donors (Lipinski definition) is 1. The molecule has 1 aliphatic heterocycles. The molecule has 0 radical (unpaired) electrons. The molecule has 1 aromatic carbocycles. The standard InChI is InChI=1S/C8H8O2.C5H9NO/c9-7-10-6-8-4-2-1-3-5-8;7-5-2-1-3-6-4-5/h1-5,7H,6H2;6H,1-4H2. The van der Waals surface area contributed by atoms with Gasteiger partial charge in [0, 0.05) is 6.42 Å². The molecule has 0 bridgehead atoms. The van der Waals surface area contributed by atoms with Crippen LogP contribution in [0.5, 0.6) is 0 Å². The van der Waals surface area contributed by atoms with E-state index in [9.17, 15) is 9.59 Å². The average Bonchev–Trinajstić information content (AvgIpc) is 2.39. The van der Waals surface area contributed by atoms with Crippen LogP contribution in [0.4, 0.5) is 0 Å². The van der Waals surface area contributed by atoms with Gasteiger partial charge in [0.05, 0.1) is 6.54 Å². The SMILES string of the molecule is O=C1CCCNC1.O=COCc1ccccc1. The lowest BCUT2D eigenvalue weighted by molar-refractivity contribution is -0.129. The molecular formula is C13H17NO3. The van der Waals surface area contributed by atoms with Crippen molar-refractivity contribution in [2.75, 3.05) is 13.1 Å². The van der Waals surface area contributed by atoms with E-state index in [0.29, 0.717) is 25.4 Å². The molecule has 0 aromatic heterocycles. The van der Waals surface area contributed by atoms with Crippen molar-refractivity contribution in [3.05, 3.63) is 35.9 Å². The molecular weight excluding hydrogens is 218 g/mol. The predicted molar refractivity (Wildman–Crippen MR) is 64.4 cm³/mol. The van der Waals surface area contributed by atoms with Crippen LogP contribution in [0, 0.1) is 0 Å². The summed E-state index contributed by atoms with van der Waals surface area (Å²) in [5.41, 5.74) is 1.01. The van der Waals surface area contributed by atoms with Gasteiger partial charge in [0.1, 0.15) is 12.4 Å². The summed E-state index contributed by atoms with van der Waals surface area (Å²) >= 11 is 0. The van der Waals surface area contributed by atoms with Gasteiger partial charge >= 0.3 is 0 Å². The molecule has 1 heterocycles. The first-order chi connectivity index (χ1) is 8.33. The summed E-state index contributed by atoms with van der Waals surface area (Å²) in [6.07, 6.45) is 1.81. The minimum Gasteiger partial charge on any atom is -0.463 e. The highest BCUT2D eigenvalue weighted by Crippen LogP contribution is 1.98. The van der Waals surface area contributed by atoms with Crippen LogP contribution in [0.25, 0.3) is 0 Å². The maximum absolute atomic E-state index is 10.4. The highest BCUT2D eigenvalue weighted by molar-refractivity contribution is 5.80. The Morgan fingerprint density at radius 1 is 1.29 bits per heavy atom. The fourth-order valence-electron chi connectivity index (χ4n) is 1.43. The quantitative estimate of drug-likeness (QED) is 0.802. The molecule has 1 aliphatic rings. The first-order valence-electron chi connectivity index (χ1n) is 5.64. The van der Waals surface area contributed by atoms with Gasteiger partial charge in [-0.3, -0.25) is 9.59 Å². The number of carbonyl (C=O) groups excluding carboxylic acids is 2. The first kappa shape index (κ1) is 13.4. The maximum Gasteiger partial charge on any atom is 0.293 e. The van der Waals surface area contributed by atoms with Crippen LogP contribution in [0.3, 0.4) is 0 Å². The number of ether oxygens (including phenoxy) is 1. The Morgan fingerprint density at radius 3 is 2.53 bits per heavy atom. The number of hydrogen-bond acceptors (Lipinski definition) is 4. The zero-order valence-electron chi connectivity index (χ0n) is 9.72. The third-order valence-corrected chi connectivity index (χ3v) is 2.29. The Kier molecular flexibility index (Phi) is 6.67. The summed E-state index contributed by atoms with van der Waals surface area (Å²) in [5.74, 6) is 0.353. The van der Waals surface area contributed by atoms with Gasteiger partial charge in [-0.05, 0) is 18.5 Å². The molecule has 0 saturated carbocycles. The summed E-state index contributed by atoms with van der Waals surface area (Å²) in [7, 11) is 0. The van der Waals surface area contributed by atoms with Crippen molar-refractivity contribution in [3.63, 3.8) is 0 Å². The van der Waals surface area contributed by atoms with Gasteiger partial charge in [0.2, 0.25) is 0 Å². The summed E-state index contributed by atoms with van der Waals surface area (Å²) in [4.78, 5) is 20.2. The van der Waals surface area contributed by atoms with Gasteiger partial charge in [-0.1, -0.05) is 30.3 Å². The average molecular weight is 235 g/mol. The van der Waals surface area contributed by atoms with Crippen molar-refractivity contribution in [2.24, 2.45) is 0 Å². The predicted octanol–water partition coefficient (Wildman–Crippen LogP) is 1.30. The summed E-state index contributed by atoms with van der Waals surface area (Å²) in [5, 5.41) is 2.98. The van der Waals surface area contributed by atoms with E-state index in [-0.39, 0.29) is 0 Å². The fraction of sp³-hybridized carbons (Fsp3) is 0.385. The number of Topliss-reactive ketones (excluding diaryl/α,β-unsaturated/α-hetero) is 1. The van der Waals surface area contributed by atoms with E-state index in [1.165, 1.54) is 0 Å². The second-order valence-corrected chi connectivity index (χ2v) is 3.71. The normalized spacial score (nSPS) is 14.5. The molecule has 0 aliphatic carbocycles. The monoisotopic (exact) mass is 235 g/mol. The lowest BCUT2D eigenvalue weighted by Gasteiger charge is -2.08. The second kappa shape index (κ2) is 8.47. The summed E-state index contributed by atoms with van der Waals surface area (Å²) in [6.45, 7) is 2.43. The number of benzene rings is 1. The number of ketones is 1.